The first-order chi connectivity index (χ1) is 9.75. The summed E-state index contributed by atoms with van der Waals surface area (Å²) in [5.41, 5.74) is 15.4. The van der Waals surface area contributed by atoms with Gasteiger partial charge in [-0.15, -0.1) is 0 Å². The number of nitrogens with zero attached hydrogens (tertiary/aromatic N) is 2. The van der Waals surface area contributed by atoms with Crippen molar-refractivity contribution in [2.75, 3.05) is 23.7 Å². The number of pyridine rings is 1. The van der Waals surface area contributed by atoms with Gasteiger partial charge in [0.2, 0.25) is 0 Å². The second kappa shape index (κ2) is 5.51. The van der Waals surface area contributed by atoms with Gasteiger partial charge in [0.1, 0.15) is 5.82 Å². The fraction of sp³-hybridized carbons (Fsp3) is 0.312. The smallest absolute Gasteiger partial charge is 0.133 e. The Morgan fingerprint density at radius 1 is 1.35 bits per heavy atom. The molecule has 1 saturated heterocycles. The van der Waals surface area contributed by atoms with Crippen LogP contribution in [0, 0.1) is 6.07 Å². The van der Waals surface area contributed by atoms with E-state index in [1.807, 2.05) is 30.3 Å². The molecule has 1 atom stereocenters. The minimum absolute atomic E-state index is 0.230. The lowest BCUT2D eigenvalue weighted by atomic mass is 10.0. The summed E-state index contributed by atoms with van der Waals surface area (Å²) in [4.78, 5) is 6.55. The monoisotopic (exact) mass is 267 g/mol. The van der Waals surface area contributed by atoms with E-state index in [1.165, 1.54) is 0 Å². The van der Waals surface area contributed by atoms with Crippen LogP contribution in [0.4, 0.5) is 11.5 Å². The Labute approximate surface area is 119 Å². The third-order valence-corrected chi connectivity index (χ3v) is 3.75. The standard InChI is InChI=1S/C16H19N4/c17-13-7-4-10-20(11-13)14-8-9-19-16(18)15(14)12-5-2-1-3-6-12/h1-2,5-6,8-9,13H,4,7,10-11,17H2,(H2,18,19). The van der Waals surface area contributed by atoms with Gasteiger partial charge in [-0.1, -0.05) is 18.2 Å². The van der Waals surface area contributed by atoms with Crippen molar-refractivity contribution in [3.05, 3.63) is 42.6 Å². The van der Waals surface area contributed by atoms with Crippen LogP contribution in [0.5, 0.6) is 0 Å². The molecule has 0 saturated carbocycles. The van der Waals surface area contributed by atoms with Gasteiger partial charge in [-0.05, 0) is 36.6 Å². The van der Waals surface area contributed by atoms with Crippen LogP contribution in [0.25, 0.3) is 11.1 Å². The number of benzene rings is 1. The third kappa shape index (κ3) is 2.47. The van der Waals surface area contributed by atoms with Crippen LogP contribution in [-0.2, 0) is 0 Å². The zero-order valence-corrected chi connectivity index (χ0v) is 11.4. The highest BCUT2D eigenvalue weighted by Gasteiger charge is 2.21. The largest absolute Gasteiger partial charge is 0.383 e. The molecule has 2 heterocycles. The summed E-state index contributed by atoms with van der Waals surface area (Å²) >= 11 is 0. The zero-order valence-electron chi connectivity index (χ0n) is 11.4. The van der Waals surface area contributed by atoms with Crippen molar-refractivity contribution in [1.82, 2.24) is 4.98 Å². The van der Waals surface area contributed by atoms with E-state index in [4.69, 9.17) is 11.5 Å². The van der Waals surface area contributed by atoms with Crippen molar-refractivity contribution in [2.24, 2.45) is 5.73 Å². The summed E-state index contributed by atoms with van der Waals surface area (Å²) in [5.74, 6) is 0.557. The summed E-state index contributed by atoms with van der Waals surface area (Å²) in [6, 6.07) is 13.2. The van der Waals surface area contributed by atoms with Gasteiger partial charge in [-0.25, -0.2) is 4.98 Å². The van der Waals surface area contributed by atoms with E-state index >= 15 is 0 Å². The average molecular weight is 267 g/mol. The van der Waals surface area contributed by atoms with Crippen molar-refractivity contribution in [2.45, 2.75) is 18.9 Å². The van der Waals surface area contributed by atoms with Crippen molar-refractivity contribution < 1.29 is 0 Å². The highest BCUT2D eigenvalue weighted by Crippen LogP contribution is 2.35. The number of anilines is 2. The predicted molar refractivity (Wildman–Crippen MR) is 82.3 cm³/mol. The van der Waals surface area contributed by atoms with E-state index in [-0.39, 0.29) is 6.04 Å². The normalized spacial score (nSPS) is 19.1. The summed E-state index contributed by atoms with van der Waals surface area (Å²) in [6.07, 6.45) is 3.97. The van der Waals surface area contributed by atoms with E-state index in [1.54, 1.807) is 6.20 Å². The van der Waals surface area contributed by atoms with Gasteiger partial charge < -0.3 is 16.4 Å². The molecule has 2 aromatic rings. The van der Waals surface area contributed by atoms with Gasteiger partial charge in [0.15, 0.2) is 0 Å². The molecule has 4 N–H and O–H groups in total. The molecule has 0 amide bonds. The fourth-order valence-corrected chi connectivity index (χ4v) is 2.80. The Hall–Kier alpha value is -2.07. The van der Waals surface area contributed by atoms with Crippen molar-refractivity contribution in [1.29, 1.82) is 0 Å². The summed E-state index contributed by atoms with van der Waals surface area (Å²) in [6.45, 7) is 1.88. The van der Waals surface area contributed by atoms with Crippen LogP contribution in [0.15, 0.2) is 36.5 Å². The van der Waals surface area contributed by atoms with Gasteiger partial charge in [0.05, 0.1) is 0 Å². The van der Waals surface area contributed by atoms with Crippen LogP contribution >= 0.6 is 0 Å². The first kappa shape index (κ1) is 12.9. The second-order valence-corrected chi connectivity index (χ2v) is 5.23. The van der Waals surface area contributed by atoms with E-state index in [0.29, 0.717) is 5.82 Å². The van der Waals surface area contributed by atoms with E-state index in [9.17, 15) is 0 Å². The van der Waals surface area contributed by atoms with Crippen LogP contribution in [0.1, 0.15) is 12.8 Å². The maximum absolute atomic E-state index is 6.11. The Kier molecular flexibility index (Phi) is 3.56. The Bertz CT molecular complexity index is 582. The fourth-order valence-electron chi connectivity index (χ4n) is 2.80. The summed E-state index contributed by atoms with van der Waals surface area (Å²) in [7, 11) is 0. The average Bonchev–Trinajstić information content (AvgIpc) is 2.48. The van der Waals surface area contributed by atoms with Crippen molar-refractivity contribution in [3.8, 4) is 11.1 Å². The lowest BCUT2D eigenvalue weighted by Gasteiger charge is -2.34. The van der Waals surface area contributed by atoms with Gasteiger partial charge in [-0.3, -0.25) is 0 Å². The van der Waals surface area contributed by atoms with Crippen LogP contribution < -0.4 is 16.4 Å². The molecule has 1 aromatic carbocycles. The molecule has 4 heteroatoms. The number of nitrogen functional groups attached to an aromatic ring is 1. The second-order valence-electron chi connectivity index (χ2n) is 5.23. The maximum atomic E-state index is 6.11. The van der Waals surface area contributed by atoms with E-state index in [0.717, 1.165) is 42.7 Å². The molecular formula is C16H19N4. The van der Waals surface area contributed by atoms with Crippen LogP contribution in [0.3, 0.4) is 0 Å². The highest BCUT2D eigenvalue weighted by molar-refractivity contribution is 5.86. The minimum Gasteiger partial charge on any atom is -0.383 e. The highest BCUT2D eigenvalue weighted by atomic mass is 15.2. The zero-order chi connectivity index (χ0) is 13.9. The summed E-state index contributed by atoms with van der Waals surface area (Å²) < 4.78 is 0. The topological polar surface area (TPSA) is 68.2 Å². The minimum atomic E-state index is 0.230. The lowest BCUT2D eigenvalue weighted by Crippen LogP contribution is -2.43. The molecule has 3 rings (SSSR count). The molecule has 4 nitrogen and oxygen atoms in total. The Morgan fingerprint density at radius 2 is 2.25 bits per heavy atom. The molecule has 103 valence electrons. The van der Waals surface area contributed by atoms with Crippen LogP contribution in [-0.4, -0.2) is 24.1 Å². The van der Waals surface area contributed by atoms with Gasteiger partial charge in [0, 0.05) is 36.6 Å². The van der Waals surface area contributed by atoms with Gasteiger partial charge in [0.25, 0.3) is 0 Å². The molecule has 1 fully saturated rings. The van der Waals surface area contributed by atoms with E-state index in [2.05, 4.69) is 16.0 Å². The molecule has 1 unspecified atom stereocenters. The number of piperidine rings is 1. The first-order valence-corrected chi connectivity index (χ1v) is 6.97. The maximum Gasteiger partial charge on any atom is 0.133 e. The van der Waals surface area contributed by atoms with E-state index < -0.39 is 0 Å². The Morgan fingerprint density at radius 3 is 3.00 bits per heavy atom. The van der Waals surface area contributed by atoms with Crippen LogP contribution in [0.2, 0.25) is 0 Å². The third-order valence-electron chi connectivity index (χ3n) is 3.75. The van der Waals surface area contributed by atoms with Gasteiger partial charge >= 0.3 is 0 Å². The molecule has 0 bridgehead atoms. The number of hydrogen-bond acceptors (Lipinski definition) is 4. The summed E-state index contributed by atoms with van der Waals surface area (Å²) in [5, 5.41) is 0. The quantitative estimate of drug-likeness (QED) is 0.874. The van der Waals surface area contributed by atoms with Crippen molar-refractivity contribution in [3.63, 3.8) is 0 Å². The SMILES string of the molecule is Nc1nccc(N2CCCC(N)C2)c1-c1c[c]ccc1. The number of hydrogen-bond donors (Lipinski definition) is 2. The molecule has 1 aliphatic heterocycles. The first-order valence-electron chi connectivity index (χ1n) is 6.97. The number of rotatable bonds is 2. The molecular weight excluding hydrogens is 248 g/mol. The Balaban J connectivity index is 2.05. The molecule has 0 spiro atoms. The molecule has 1 aliphatic rings. The molecule has 1 aromatic heterocycles. The predicted octanol–water partition coefficient (Wildman–Crippen LogP) is 2.06. The lowest BCUT2D eigenvalue weighted by molar-refractivity contribution is 0.506. The van der Waals surface area contributed by atoms with Crippen molar-refractivity contribution >= 4 is 11.5 Å². The van der Waals surface area contributed by atoms with Gasteiger partial charge in [-0.2, -0.15) is 0 Å². The molecule has 0 aliphatic carbocycles. The number of nitrogens with two attached hydrogens (primary N) is 2. The number of aromatic nitrogens is 1. The molecule has 20 heavy (non-hydrogen) atoms. The molecule has 1 radical (unpaired) electrons.